The van der Waals surface area contributed by atoms with Crippen molar-refractivity contribution in [2.24, 2.45) is 5.73 Å². The Bertz CT molecular complexity index is 776. The highest BCUT2D eigenvalue weighted by Crippen LogP contribution is 2.32. The van der Waals surface area contributed by atoms with Gasteiger partial charge in [0.15, 0.2) is 5.96 Å². The Kier molecular flexibility index (Phi) is 7.50. The Morgan fingerprint density at radius 3 is 2.08 bits per heavy atom. The topological polar surface area (TPSA) is 120 Å². The van der Waals surface area contributed by atoms with Crippen LogP contribution in [0, 0.1) is 5.41 Å². The van der Waals surface area contributed by atoms with E-state index in [4.69, 9.17) is 34.3 Å². The first-order valence-corrected chi connectivity index (χ1v) is 7.40. The number of para-hydroxylation sites is 1. The minimum absolute atomic E-state index is 0. The van der Waals surface area contributed by atoms with E-state index in [1.807, 2.05) is 6.07 Å². The molecule has 0 aliphatic carbocycles. The number of urea groups is 1. The van der Waals surface area contributed by atoms with Gasteiger partial charge in [0, 0.05) is 11.3 Å². The van der Waals surface area contributed by atoms with Crippen LogP contribution >= 0.6 is 35.6 Å². The first-order valence-electron chi connectivity index (χ1n) is 6.64. The largest absolute Gasteiger partial charge is 0.370 e. The number of amides is 3. The van der Waals surface area contributed by atoms with Gasteiger partial charge in [-0.15, -0.1) is 12.4 Å². The second-order valence-corrected chi connectivity index (χ2v) is 5.44. The maximum absolute atomic E-state index is 12.0. The molecule has 25 heavy (non-hydrogen) atoms. The predicted octanol–water partition coefficient (Wildman–Crippen LogP) is 3.68. The van der Waals surface area contributed by atoms with Crippen LogP contribution in [-0.2, 0) is 0 Å². The summed E-state index contributed by atoms with van der Waals surface area (Å²) in [5, 5.41) is 14.4. The van der Waals surface area contributed by atoms with Crippen molar-refractivity contribution in [1.82, 2.24) is 5.32 Å². The first-order chi connectivity index (χ1) is 11.4. The zero-order valence-corrected chi connectivity index (χ0v) is 14.9. The molecular formula is C15H14Cl3N5O2. The number of carbonyl (C=O) groups excluding carboxylic acids is 2. The summed E-state index contributed by atoms with van der Waals surface area (Å²) in [6.07, 6.45) is 0. The van der Waals surface area contributed by atoms with Crippen molar-refractivity contribution in [2.45, 2.75) is 0 Å². The molecule has 0 spiro atoms. The summed E-state index contributed by atoms with van der Waals surface area (Å²) in [6, 6.07) is 10.9. The quantitative estimate of drug-likeness (QED) is 0.398. The number of anilines is 2. The zero-order chi connectivity index (χ0) is 17.7. The van der Waals surface area contributed by atoms with E-state index >= 15 is 0 Å². The van der Waals surface area contributed by atoms with Crippen molar-refractivity contribution in [1.29, 1.82) is 5.41 Å². The van der Waals surface area contributed by atoms with Crippen molar-refractivity contribution >= 4 is 64.9 Å². The van der Waals surface area contributed by atoms with Crippen LogP contribution in [0.15, 0.2) is 42.5 Å². The summed E-state index contributed by atoms with van der Waals surface area (Å²) >= 11 is 12.1. The third-order valence-electron chi connectivity index (χ3n) is 2.82. The van der Waals surface area contributed by atoms with Gasteiger partial charge in [-0.1, -0.05) is 41.4 Å². The molecule has 3 amide bonds. The van der Waals surface area contributed by atoms with Crippen molar-refractivity contribution in [3.8, 4) is 0 Å². The summed E-state index contributed by atoms with van der Waals surface area (Å²) in [5.74, 6) is -1.14. The van der Waals surface area contributed by atoms with Crippen LogP contribution in [0.5, 0.6) is 0 Å². The predicted molar refractivity (Wildman–Crippen MR) is 102 cm³/mol. The van der Waals surface area contributed by atoms with Crippen LogP contribution in [-0.4, -0.2) is 17.9 Å². The third-order valence-corrected chi connectivity index (χ3v) is 3.42. The van der Waals surface area contributed by atoms with Gasteiger partial charge in [-0.3, -0.25) is 15.5 Å². The Labute approximate surface area is 159 Å². The lowest BCUT2D eigenvalue weighted by Crippen LogP contribution is -2.35. The van der Waals surface area contributed by atoms with Crippen molar-refractivity contribution in [2.75, 3.05) is 10.6 Å². The lowest BCUT2D eigenvalue weighted by molar-refractivity contribution is 0.0976. The number of hydrogen-bond acceptors (Lipinski definition) is 3. The lowest BCUT2D eigenvalue weighted by atomic mass is 10.2. The molecule has 0 saturated heterocycles. The number of nitrogens with one attached hydrogen (secondary N) is 4. The molecule has 0 heterocycles. The molecular weight excluding hydrogens is 389 g/mol. The van der Waals surface area contributed by atoms with Crippen LogP contribution < -0.4 is 21.7 Å². The maximum Gasteiger partial charge on any atom is 0.323 e. The van der Waals surface area contributed by atoms with Gasteiger partial charge in [0.2, 0.25) is 0 Å². The van der Waals surface area contributed by atoms with Gasteiger partial charge in [-0.2, -0.15) is 0 Å². The summed E-state index contributed by atoms with van der Waals surface area (Å²) < 4.78 is 0. The van der Waals surface area contributed by atoms with Gasteiger partial charge in [-0.05, 0) is 24.3 Å². The molecule has 0 aliphatic rings. The number of carbonyl (C=O) groups is 2. The average Bonchev–Trinajstić information content (AvgIpc) is 2.51. The highest BCUT2D eigenvalue weighted by Gasteiger charge is 2.15. The molecule has 0 fully saturated rings. The highest BCUT2D eigenvalue weighted by molar-refractivity contribution is 6.40. The van der Waals surface area contributed by atoms with Crippen LogP contribution in [0.25, 0.3) is 0 Å². The molecule has 0 unspecified atom stereocenters. The molecule has 0 aliphatic heterocycles. The van der Waals surface area contributed by atoms with Crippen LogP contribution in [0.2, 0.25) is 10.0 Å². The fourth-order valence-corrected chi connectivity index (χ4v) is 2.40. The molecule has 10 heteroatoms. The van der Waals surface area contributed by atoms with Gasteiger partial charge in [-0.25, -0.2) is 4.79 Å². The number of benzene rings is 2. The molecule has 6 N–H and O–H groups in total. The molecule has 2 aromatic rings. The maximum atomic E-state index is 12.0. The standard InChI is InChI=1S/C15H13Cl2N5O2.ClH/c16-10-6-8(13(23)22-14(18)19)7-11(17)12(10)21-15(24)20-9-4-2-1-3-5-9;/h1-7H,(H2,20,21,24)(H4,18,19,22,23);1H. The first kappa shape index (κ1) is 20.6. The fourth-order valence-electron chi connectivity index (χ4n) is 1.82. The summed E-state index contributed by atoms with van der Waals surface area (Å²) in [4.78, 5) is 23.8. The Morgan fingerprint density at radius 1 is 1.00 bits per heavy atom. The molecule has 2 aromatic carbocycles. The number of halogens is 3. The van der Waals surface area contributed by atoms with E-state index in [9.17, 15) is 9.59 Å². The molecule has 132 valence electrons. The molecule has 0 atom stereocenters. The Balaban J connectivity index is 0.00000312. The second kappa shape index (κ2) is 9.12. The van der Waals surface area contributed by atoms with Gasteiger partial charge in [0.05, 0.1) is 15.7 Å². The van der Waals surface area contributed by atoms with Gasteiger partial charge >= 0.3 is 6.03 Å². The molecule has 0 bridgehead atoms. The van der Waals surface area contributed by atoms with Gasteiger partial charge in [0.1, 0.15) is 0 Å². The SMILES string of the molecule is Cl.N=C(N)NC(=O)c1cc(Cl)c(NC(=O)Nc2ccccc2)c(Cl)c1. The van der Waals surface area contributed by atoms with E-state index in [0.717, 1.165) is 0 Å². The van der Waals surface area contributed by atoms with E-state index in [0.29, 0.717) is 5.69 Å². The molecule has 0 aromatic heterocycles. The zero-order valence-electron chi connectivity index (χ0n) is 12.6. The normalized spacial score (nSPS) is 9.52. The van der Waals surface area contributed by atoms with Crippen LogP contribution in [0.3, 0.4) is 0 Å². The summed E-state index contributed by atoms with van der Waals surface area (Å²) in [7, 11) is 0. The van der Waals surface area contributed by atoms with Crippen LogP contribution in [0.4, 0.5) is 16.2 Å². The lowest BCUT2D eigenvalue weighted by Gasteiger charge is -2.12. The summed E-state index contributed by atoms with van der Waals surface area (Å²) in [5.41, 5.74) is 5.96. The smallest absolute Gasteiger partial charge is 0.323 e. The van der Waals surface area contributed by atoms with Gasteiger partial charge in [0.25, 0.3) is 5.91 Å². The van der Waals surface area contributed by atoms with E-state index < -0.39 is 17.9 Å². The number of hydrogen-bond donors (Lipinski definition) is 5. The fraction of sp³-hybridized carbons (Fsp3) is 0. The average molecular weight is 403 g/mol. The molecule has 0 saturated carbocycles. The van der Waals surface area contributed by atoms with Crippen molar-refractivity contribution < 1.29 is 9.59 Å². The minimum atomic E-state index is -0.633. The molecule has 0 radical (unpaired) electrons. The second-order valence-electron chi connectivity index (χ2n) is 4.63. The Hall–Kier alpha value is -2.48. The van der Waals surface area contributed by atoms with E-state index in [1.165, 1.54) is 12.1 Å². The Morgan fingerprint density at radius 2 is 1.56 bits per heavy atom. The van der Waals surface area contributed by atoms with E-state index in [2.05, 4.69) is 16.0 Å². The van der Waals surface area contributed by atoms with E-state index in [-0.39, 0.29) is 33.7 Å². The van der Waals surface area contributed by atoms with Crippen LogP contribution in [0.1, 0.15) is 10.4 Å². The van der Waals surface area contributed by atoms with Crippen molar-refractivity contribution in [3.63, 3.8) is 0 Å². The third kappa shape index (κ3) is 5.82. The molecule has 7 nitrogen and oxygen atoms in total. The van der Waals surface area contributed by atoms with Gasteiger partial charge < -0.3 is 16.4 Å². The van der Waals surface area contributed by atoms with E-state index in [1.54, 1.807) is 24.3 Å². The van der Waals surface area contributed by atoms with Crippen molar-refractivity contribution in [3.05, 3.63) is 58.1 Å². The summed E-state index contributed by atoms with van der Waals surface area (Å²) in [6.45, 7) is 0. The number of nitrogens with two attached hydrogens (primary N) is 1. The monoisotopic (exact) mass is 401 g/mol. The molecule has 2 rings (SSSR count). The minimum Gasteiger partial charge on any atom is -0.370 e. The number of rotatable bonds is 3. The highest BCUT2D eigenvalue weighted by atomic mass is 35.5. The number of guanidine groups is 1.